The predicted octanol–water partition coefficient (Wildman–Crippen LogP) is 3.48. The minimum Gasteiger partial charge on any atom is -0.355 e. The molecule has 2 rings (SSSR count). The second-order valence-electron chi connectivity index (χ2n) is 8.02. The first kappa shape index (κ1) is 25.0. The van der Waals surface area contributed by atoms with E-state index in [1.165, 1.54) is 44.9 Å². The highest BCUT2D eigenvalue weighted by Gasteiger charge is 2.26. The van der Waals surface area contributed by atoms with Gasteiger partial charge < -0.3 is 15.5 Å². The largest absolute Gasteiger partial charge is 0.355 e. The van der Waals surface area contributed by atoms with Crippen LogP contribution in [0.4, 0.5) is 0 Å². The van der Waals surface area contributed by atoms with Crippen molar-refractivity contribution < 1.29 is 4.79 Å². The summed E-state index contributed by atoms with van der Waals surface area (Å²) in [6.07, 6.45) is 9.94. The third-order valence-electron chi connectivity index (χ3n) is 6.01. The fourth-order valence-corrected chi connectivity index (χ4v) is 4.40. The molecule has 1 aliphatic heterocycles. The Labute approximate surface area is 167 Å². The van der Waals surface area contributed by atoms with Crippen LogP contribution in [-0.4, -0.2) is 50.6 Å². The Morgan fingerprint density at radius 1 is 1.08 bits per heavy atom. The number of nitrogens with zero attached hydrogens (tertiary/aromatic N) is 1. The molecule has 6 heteroatoms. The molecule has 0 aromatic carbocycles. The molecule has 0 radical (unpaired) electrons. The average molecular weight is 396 g/mol. The average Bonchev–Trinajstić information content (AvgIpc) is 2.56. The van der Waals surface area contributed by atoms with E-state index in [0.717, 1.165) is 25.6 Å². The number of carbonyl (C=O) groups is 1. The second kappa shape index (κ2) is 13.2. The van der Waals surface area contributed by atoms with Crippen LogP contribution in [0.1, 0.15) is 58.3 Å². The zero-order chi connectivity index (χ0) is 16.7. The molecule has 2 N–H and O–H groups in total. The molecule has 1 heterocycles. The number of piperidine rings is 1. The third-order valence-corrected chi connectivity index (χ3v) is 6.01. The molecule has 4 nitrogen and oxygen atoms in total. The highest BCUT2D eigenvalue weighted by atomic mass is 35.5. The summed E-state index contributed by atoms with van der Waals surface area (Å²) in [7, 11) is 4.31. The first-order valence-corrected chi connectivity index (χ1v) is 9.71. The normalized spacial score (nSPS) is 23.9. The van der Waals surface area contributed by atoms with Crippen LogP contribution in [0, 0.1) is 17.8 Å². The summed E-state index contributed by atoms with van der Waals surface area (Å²) >= 11 is 0. The topological polar surface area (TPSA) is 44.4 Å². The maximum Gasteiger partial charge on any atom is 0.220 e. The lowest BCUT2D eigenvalue weighted by Crippen LogP contribution is -2.46. The molecule has 2 fully saturated rings. The van der Waals surface area contributed by atoms with Gasteiger partial charge in [0.2, 0.25) is 5.91 Å². The second-order valence-corrected chi connectivity index (χ2v) is 8.02. The van der Waals surface area contributed by atoms with Crippen LogP contribution in [0.25, 0.3) is 0 Å². The molecule has 1 amide bonds. The fraction of sp³-hybridized carbons (Fsp3) is 0.947. The number of halogens is 2. The van der Waals surface area contributed by atoms with Gasteiger partial charge in [-0.25, -0.2) is 0 Å². The van der Waals surface area contributed by atoms with E-state index in [-0.39, 0.29) is 30.7 Å². The van der Waals surface area contributed by atoms with Crippen LogP contribution >= 0.6 is 24.8 Å². The van der Waals surface area contributed by atoms with Crippen LogP contribution in [0.15, 0.2) is 0 Å². The molecule has 25 heavy (non-hydrogen) atoms. The summed E-state index contributed by atoms with van der Waals surface area (Å²) in [6, 6.07) is 0.492. The molecule has 150 valence electrons. The van der Waals surface area contributed by atoms with Crippen LogP contribution in [-0.2, 0) is 4.79 Å². The van der Waals surface area contributed by atoms with E-state index in [4.69, 9.17) is 0 Å². The smallest absolute Gasteiger partial charge is 0.220 e. The van der Waals surface area contributed by atoms with Crippen LogP contribution in [0.2, 0.25) is 0 Å². The van der Waals surface area contributed by atoms with E-state index in [2.05, 4.69) is 36.6 Å². The van der Waals surface area contributed by atoms with E-state index in [9.17, 15) is 4.79 Å². The zero-order valence-electron chi connectivity index (χ0n) is 16.3. The molecule has 3 atom stereocenters. The van der Waals surface area contributed by atoms with Crippen molar-refractivity contribution in [1.82, 2.24) is 15.5 Å². The molecule has 2 aliphatic rings. The zero-order valence-corrected chi connectivity index (χ0v) is 17.9. The van der Waals surface area contributed by atoms with Crippen molar-refractivity contribution in [2.24, 2.45) is 17.8 Å². The van der Waals surface area contributed by atoms with Crippen molar-refractivity contribution in [2.75, 3.05) is 33.7 Å². The minimum atomic E-state index is 0. The number of likely N-dealkylation sites (N-methyl/N-ethyl adjacent to an activating group) is 1. The standard InChI is InChI=1S/C19H37N3O.2ClH/c1-15(17-10-7-11-20-13-17)12-19(23)21-14-18(22(2)3)16-8-5-4-6-9-16;;/h15-18,20H,4-14H2,1-3H3,(H,21,23);2*1H. The number of hydrogen-bond acceptors (Lipinski definition) is 3. The lowest BCUT2D eigenvalue weighted by molar-refractivity contribution is -0.122. The van der Waals surface area contributed by atoms with Crippen molar-refractivity contribution in [3.8, 4) is 0 Å². The van der Waals surface area contributed by atoms with Crippen molar-refractivity contribution >= 4 is 30.7 Å². The molecule has 0 spiro atoms. The van der Waals surface area contributed by atoms with Gasteiger partial charge in [0.05, 0.1) is 0 Å². The Balaban J connectivity index is 0.00000288. The first-order valence-electron chi connectivity index (χ1n) is 9.71. The van der Waals surface area contributed by atoms with Crippen LogP contribution in [0.3, 0.4) is 0 Å². The molecule has 0 bridgehead atoms. The van der Waals surface area contributed by atoms with E-state index < -0.39 is 0 Å². The number of carbonyl (C=O) groups excluding carboxylic acids is 1. The highest BCUT2D eigenvalue weighted by Crippen LogP contribution is 2.28. The lowest BCUT2D eigenvalue weighted by atomic mass is 9.83. The lowest BCUT2D eigenvalue weighted by Gasteiger charge is -2.35. The molecular formula is C19H39Cl2N3O. The molecule has 0 aromatic rings. The molecule has 0 aromatic heterocycles. The Bertz CT molecular complexity index is 357. The Kier molecular flexibility index (Phi) is 13.2. The van der Waals surface area contributed by atoms with Gasteiger partial charge in [0.15, 0.2) is 0 Å². The summed E-state index contributed by atoms with van der Waals surface area (Å²) in [5.41, 5.74) is 0. The summed E-state index contributed by atoms with van der Waals surface area (Å²) < 4.78 is 0. The van der Waals surface area contributed by atoms with Gasteiger partial charge in [-0.05, 0) is 70.6 Å². The van der Waals surface area contributed by atoms with E-state index in [1.807, 2.05) is 0 Å². The van der Waals surface area contributed by atoms with Crippen molar-refractivity contribution in [2.45, 2.75) is 64.3 Å². The number of rotatable bonds is 7. The molecule has 3 unspecified atom stereocenters. The summed E-state index contributed by atoms with van der Waals surface area (Å²) in [6.45, 7) is 5.27. The van der Waals surface area contributed by atoms with Gasteiger partial charge in [0.1, 0.15) is 0 Å². The van der Waals surface area contributed by atoms with Crippen LogP contribution < -0.4 is 10.6 Å². The Morgan fingerprint density at radius 3 is 2.28 bits per heavy atom. The third kappa shape index (κ3) is 8.47. The van der Waals surface area contributed by atoms with Gasteiger partial charge in [-0.3, -0.25) is 4.79 Å². The summed E-state index contributed by atoms with van der Waals surface area (Å²) in [5, 5.41) is 6.69. The Morgan fingerprint density at radius 2 is 1.72 bits per heavy atom. The van der Waals surface area contributed by atoms with Gasteiger partial charge in [0.25, 0.3) is 0 Å². The first-order chi connectivity index (χ1) is 11.1. The van der Waals surface area contributed by atoms with E-state index in [0.29, 0.717) is 24.3 Å². The van der Waals surface area contributed by atoms with E-state index >= 15 is 0 Å². The highest BCUT2D eigenvalue weighted by molar-refractivity contribution is 5.85. The molecule has 1 saturated heterocycles. The monoisotopic (exact) mass is 395 g/mol. The molecular weight excluding hydrogens is 357 g/mol. The van der Waals surface area contributed by atoms with Crippen molar-refractivity contribution in [1.29, 1.82) is 0 Å². The summed E-state index contributed by atoms with van der Waals surface area (Å²) in [5.74, 6) is 2.14. The number of hydrogen-bond donors (Lipinski definition) is 2. The number of nitrogens with one attached hydrogen (secondary N) is 2. The fourth-order valence-electron chi connectivity index (χ4n) is 4.40. The minimum absolute atomic E-state index is 0. The van der Waals surface area contributed by atoms with Gasteiger partial charge in [0, 0.05) is 19.0 Å². The van der Waals surface area contributed by atoms with Crippen molar-refractivity contribution in [3.05, 3.63) is 0 Å². The Hall–Kier alpha value is -0.0300. The maximum absolute atomic E-state index is 12.4. The van der Waals surface area contributed by atoms with Gasteiger partial charge in [-0.2, -0.15) is 0 Å². The maximum atomic E-state index is 12.4. The van der Waals surface area contributed by atoms with Gasteiger partial charge in [-0.15, -0.1) is 24.8 Å². The summed E-state index contributed by atoms with van der Waals surface area (Å²) in [4.78, 5) is 14.7. The van der Waals surface area contributed by atoms with Gasteiger partial charge >= 0.3 is 0 Å². The van der Waals surface area contributed by atoms with E-state index in [1.54, 1.807) is 0 Å². The van der Waals surface area contributed by atoms with Crippen molar-refractivity contribution in [3.63, 3.8) is 0 Å². The van der Waals surface area contributed by atoms with Gasteiger partial charge in [-0.1, -0.05) is 26.2 Å². The SMILES string of the molecule is CC(CC(=O)NCC(C1CCCCC1)N(C)C)C1CCCNC1.Cl.Cl. The number of amides is 1. The molecule has 1 saturated carbocycles. The van der Waals surface area contributed by atoms with Crippen LogP contribution in [0.5, 0.6) is 0 Å². The predicted molar refractivity (Wildman–Crippen MR) is 111 cm³/mol. The quantitative estimate of drug-likeness (QED) is 0.693. The molecule has 1 aliphatic carbocycles.